The molecule has 2 atom stereocenters. The van der Waals surface area contributed by atoms with Gasteiger partial charge in [-0.25, -0.2) is 4.98 Å². The molecule has 1 heterocycles. The van der Waals surface area contributed by atoms with Gasteiger partial charge in [0.2, 0.25) is 0 Å². The number of nitrogens with one attached hydrogen (secondary N) is 1. The van der Waals surface area contributed by atoms with Crippen LogP contribution in [0.15, 0.2) is 42.6 Å². The Kier molecular flexibility index (Phi) is 3.48. The molecule has 0 bridgehead atoms. The third-order valence-electron chi connectivity index (χ3n) is 3.70. The van der Waals surface area contributed by atoms with E-state index in [0.29, 0.717) is 6.42 Å². The van der Waals surface area contributed by atoms with Crippen molar-refractivity contribution in [2.45, 2.75) is 12.5 Å². The lowest BCUT2D eigenvalue weighted by Crippen LogP contribution is -2.19. The van der Waals surface area contributed by atoms with E-state index in [1.54, 1.807) is 19.4 Å². The van der Waals surface area contributed by atoms with Crippen LogP contribution in [0.1, 0.15) is 6.42 Å². The Balaban J connectivity index is 1.87. The van der Waals surface area contributed by atoms with Gasteiger partial charge in [0.15, 0.2) is 0 Å². The fourth-order valence-corrected chi connectivity index (χ4v) is 2.55. The summed E-state index contributed by atoms with van der Waals surface area (Å²) in [6.45, 7) is 0. The molecule has 0 aliphatic heterocycles. The monoisotopic (exact) mass is 284 g/mol. The van der Waals surface area contributed by atoms with E-state index in [0.717, 1.165) is 22.3 Å². The van der Waals surface area contributed by atoms with Crippen molar-refractivity contribution >= 4 is 22.6 Å². The lowest BCUT2D eigenvalue weighted by Gasteiger charge is -2.15. The molecule has 3 rings (SSSR count). The summed E-state index contributed by atoms with van der Waals surface area (Å²) >= 11 is 0. The molecule has 1 aromatic heterocycles. The first-order valence-corrected chi connectivity index (χ1v) is 6.78. The molecular formula is C16H16N2O3. The maximum Gasteiger partial charge on any atom is 0.310 e. The minimum absolute atomic E-state index is 0.0181. The van der Waals surface area contributed by atoms with Gasteiger partial charge >= 0.3 is 5.97 Å². The molecule has 2 unspecified atom stereocenters. The molecular weight excluding hydrogens is 268 g/mol. The van der Waals surface area contributed by atoms with Gasteiger partial charge < -0.3 is 15.2 Å². The normalized spacial score (nSPS) is 20.6. The van der Waals surface area contributed by atoms with Crippen molar-refractivity contribution < 1.29 is 14.6 Å². The molecule has 5 nitrogen and oxygen atoms in total. The minimum Gasteiger partial charge on any atom is -0.497 e. The average molecular weight is 284 g/mol. The third-order valence-corrected chi connectivity index (χ3v) is 3.70. The van der Waals surface area contributed by atoms with E-state index in [1.807, 2.05) is 30.3 Å². The van der Waals surface area contributed by atoms with E-state index in [9.17, 15) is 4.79 Å². The van der Waals surface area contributed by atoms with Gasteiger partial charge in [0, 0.05) is 17.6 Å². The van der Waals surface area contributed by atoms with Crippen molar-refractivity contribution in [3.8, 4) is 5.75 Å². The first-order chi connectivity index (χ1) is 10.2. The molecule has 108 valence electrons. The molecule has 1 aliphatic rings. The van der Waals surface area contributed by atoms with Gasteiger partial charge in [-0.3, -0.25) is 4.79 Å². The quantitative estimate of drug-likeness (QED) is 0.845. The van der Waals surface area contributed by atoms with Crippen LogP contribution in [-0.4, -0.2) is 29.2 Å². The molecule has 1 aromatic carbocycles. The van der Waals surface area contributed by atoms with E-state index in [2.05, 4.69) is 10.3 Å². The number of ether oxygens (including phenoxy) is 1. The Labute approximate surface area is 122 Å². The van der Waals surface area contributed by atoms with E-state index in [4.69, 9.17) is 9.84 Å². The van der Waals surface area contributed by atoms with Crippen LogP contribution in [-0.2, 0) is 4.79 Å². The summed E-state index contributed by atoms with van der Waals surface area (Å²) in [6.07, 6.45) is 5.90. The van der Waals surface area contributed by atoms with Gasteiger partial charge in [-0.05, 0) is 30.0 Å². The van der Waals surface area contributed by atoms with Crippen molar-refractivity contribution in [2.75, 3.05) is 12.4 Å². The number of benzene rings is 1. The maximum absolute atomic E-state index is 11.0. The SMILES string of the molecule is COc1ccc2ccnc(NC3C=CC(C(=O)O)C3)c2c1. The van der Waals surface area contributed by atoms with Crippen molar-refractivity contribution in [3.63, 3.8) is 0 Å². The average Bonchev–Trinajstić information content (AvgIpc) is 2.96. The summed E-state index contributed by atoms with van der Waals surface area (Å²) in [7, 11) is 1.63. The highest BCUT2D eigenvalue weighted by molar-refractivity contribution is 5.93. The number of methoxy groups -OCH3 is 1. The number of aromatic nitrogens is 1. The van der Waals surface area contributed by atoms with Crippen molar-refractivity contribution in [3.05, 3.63) is 42.6 Å². The number of carboxylic acids is 1. The highest BCUT2D eigenvalue weighted by Crippen LogP contribution is 2.28. The number of pyridine rings is 1. The molecule has 0 spiro atoms. The van der Waals surface area contributed by atoms with E-state index in [-0.39, 0.29) is 6.04 Å². The Morgan fingerprint density at radius 2 is 2.24 bits per heavy atom. The second-order valence-corrected chi connectivity index (χ2v) is 5.06. The van der Waals surface area contributed by atoms with Crippen molar-refractivity contribution in [1.29, 1.82) is 0 Å². The number of hydrogen-bond donors (Lipinski definition) is 2. The van der Waals surface area contributed by atoms with Gasteiger partial charge in [-0.2, -0.15) is 0 Å². The molecule has 2 aromatic rings. The van der Waals surface area contributed by atoms with Crippen LogP contribution >= 0.6 is 0 Å². The topological polar surface area (TPSA) is 71.5 Å². The highest BCUT2D eigenvalue weighted by atomic mass is 16.5. The highest BCUT2D eigenvalue weighted by Gasteiger charge is 2.24. The number of carbonyl (C=O) groups is 1. The summed E-state index contributed by atoms with van der Waals surface area (Å²) in [6, 6.07) is 7.73. The number of carboxylic acid groups (broad SMARTS) is 1. The Morgan fingerprint density at radius 3 is 2.95 bits per heavy atom. The van der Waals surface area contributed by atoms with E-state index < -0.39 is 11.9 Å². The first kappa shape index (κ1) is 13.4. The van der Waals surface area contributed by atoms with Gasteiger partial charge in [0.1, 0.15) is 11.6 Å². The lowest BCUT2D eigenvalue weighted by atomic mass is 10.1. The summed E-state index contributed by atoms with van der Waals surface area (Å²) in [5, 5.41) is 14.4. The molecule has 1 aliphatic carbocycles. The summed E-state index contributed by atoms with van der Waals surface area (Å²) in [4.78, 5) is 15.4. The van der Waals surface area contributed by atoms with Crippen LogP contribution < -0.4 is 10.1 Å². The maximum atomic E-state index is 11.0. The largest absolute Gasteiger partial charge is 0.497 e. The van der Waals surface area contributed by atoms with Crippen molar-refractivity contribution in [1.82, 2.24) is 4.98 Å². The van der Waals surface area contributed by atoms with Crippen molar-refractivity contribution in [2.24, 2.45) is 5.92 Å². The number of anilines is 1. The number of hydrogen-bond acceptors (Lipinski definition) is 4. The molecule has 0 saturated carbocycles. The van der Waals surface area contributed by atoms with Gasteiger partial charge in [0.25, 0.3) is 0 Å². The van der Waals surface area contributed by atoms with Gasteiger partial charge in [0.05, 0.1) is 13.0 Å². The van der Waals surface area contributed by atoms with Crippen LogP contribution in [0, 0.1) is 5.92 Å². The molecule has 2 N–H and O–H groups in total. The Bertz CT molecular complexity index is 712. The lowest BCUT2D eigenvalue weighted by molar-refractivity contribution is -0.140. The fraction of sp³-hybridized carbons (Fsp3) is 0.250. The van der Waals surface area contributed by atoms with Crippen LogP contribution in [0.3, 0.4) is 0 Å². The van der Waals surface area contributed by atoms with Crippen LogP contribution in [0.2, 0.25) is 0 Å². The van der Waals surface area contributed by atoms with E-state index >= 15 is 0 Å². The number of aliphatic carboxylic acids is 1. The fourth-order valence-electron chi connectivity index (χ4n) is 2.55. The molecule has 0 radical (unpaired) electrons. The zero-order chi connectivity index (χ0) is 14.8. The zero-order valence-corrected chi connectivity index (χ0v) is 11.6. The van der Waals surface area contributed by atoms with Crippen LogP contribution in [0.5, 0.6) is 5.75 Å². The minimum atomic E-state index is -0.789. The third kappa shape index (κ3) is 2.67. The molecule has 0 fully saturated rings. The predicted molar refractivity (Wildman–Crippen MR) is 80.6 cm³/mol. The second kappa shape index (κ2) is 5.44. The van der Waals surface area contributed by atoms with E-state index in [1.165, 1.54) is 0 Å². The standard InChI is InChI=1S/C16H16N2O3/c1-21-13-5-3-10-6-7-17-15(14(10)9-13)18-12-4-2-11(8-12)16(19)20/h2-7,9,11-12H,8H2,1H3,(H,17,18)(H,19,20). The van der Waals surface area contributed by atoms with Gasteiger partial charge in [-0.15, -0.1) is 0 Å². The molecule has 5 heteroatoms. The Morgan fingerprint density at radius 1 is 1.38 bits per heavy atom. The second-order valence-electron chi connectivity index (χ2n) is 5.06. The summed E-state index contributed by atoms with van der Waals surface area (Å²) in [5.41, 5.74) is 0. The molecule has 21 heavy (non-hydrogen) atoms. The summed E-state index contributed by atoms with van der Waals surface area (Å²) in [5.74, 6) is 0.297. The van der Waals surface area contributed by atoms with Crippen LogP contribution in [0.25, 0.3) is 10.8 Å². The number of rotatable bonds is 4. The molecule has 0 saturated heterocycles. The molecule has 0 amide bonds. The number of fused-ring (bicyclic) bond motifs is 1. The number of nitrogens with zero attached hydrogens (tertiary/aromatic N) is 1. The van der Waals surface area contributed by atoms with Crippen LogP contribution in [0.4, 0.5) is 5.82 Å². The summed E-state index contributed by atoms with van der Waals surface area (Å²) < 4.78 is 5.25. The predicted octanol–water partition coefficient (Wildman–Crippen LogP) is 2.68. The zero-order valence-electron chi connectivity index (χ0n) is 11.6. The van der Waals surface area contributed by atoms with Gasteiger partial charge in [-0.1, -0.05) is 18.2 Å². The first-order valence-electron chi connectivity index (χ1n) is 6.78. The smallest absolute Gasteiger partial charge is 0.310 e. The Hall–Kier alpha value is -2.56.